The molecule has 0 aliphatic carbocycles. The van der Waals surface area contributed by atoms with Gasteiger partial charge in [-0.25, -0.2) is 0 Å². The second-order valence-electron chi connectivity index (χ2n) is 2.76. The highest BCUT2D eigenvalue weighted by Gasteiger charge is 2.01. The van der Waals surface area contributed by atoms with Gasteiger partial charge in [0, 0.05) is 6.54 Å². The molecule has 0 aromatic rings. The maximum Gasteiger partial charge on any atom is 0.154 e. The van der Waals surface area contributed by atoms with Gasteiger partial charge in [-0.1, -0.05) is 20.8 Å². The van der Waals surface area contributed by atoms with E-state index >= 15 is 0 Å². The molecule has 0 rings (SSSR count). The van der Waals surface area contributed by atoms with Gasteiger partial charge in [-0.05, 0) is 19.5 Å². The van der Waals surface area contributed by atoms with Gasteiger partial charge >= 0.3 is 0 Å². The topological polar surface area (TPSA) is 32.7 Å². The van der Waals surface area contributed by atoms with Crippen molar-refractivity contribution in [3.05, 3.63) is 0 Å². The van der Waals surface area contributed by atoms with Gasteiger partial charge in [-0.3, -0.25) is 0 Å². The van der Waals surface area contributed by atoms with Gasteiger partial charge in [0.1, 0.15) is 0 Å². The minimum atomic E-state index is -0.583. The third-order valence-electron chi connectivity index (χ3n) is 1.96. The fraction of sp³-hybridized carbons (Fsp3) is 1.00. The number of rotatable bonds is 7. The summed E-state index contributed by atoms with van der Waals surface area (Å²) in [5.41, 5.74) is 0. The molecule has 0 spiro atoms. The molecule has 0 aliphatic rings. The Bertz CT molecular complexity index is 94.5. The van der Waals surface area contributed by atoms with Crippen LogP contribution in [0.2, 0.25) is 0 Å². The van der Waals surface area contributed by atoms with Crippen molar-refractivity contribution in [3.8, 4) is 0 Å². The molecule has 12 heavy (non-hydrogen) atoms. The third-order valence-corrected chi connectivity index (χ3v) is 1.96. The molecule has 3 heteroatoms. The SMILES string of the molecule is CCC(O)OCCN(CC)CC. The molecule has 0 aromatic heterocycles. The molecular weight excluding hydrogens is 154 g/mol. The first-order valence-corrected chi connectivity index (χ1v) is 4.76. The van der Waals surface area contributed by atoms with Crippen molar-refractivity contribution in [1.29, 1.82) is 0 Å². The summed E-state index contributed by atoms with van der Waals surface area (Å²) in [5.74, 6) is 0. The number of hydrogen-bond donors (Lipinski definition) is 1. The van der Waals surface area contributed by atoms with Crippen LogP contribution < -0.4 is 0 Å². The highest BCUT2D eigenvalue weighted by molar-refractivity contribution is 4.50. The van der Waals surface area contributed by atoms with Crippen LogP contribution in [0.15, 0.2) is 0 Å². The lowest BCUT2D eigenvalue weighted by atomic mass is 10.4. The molecule has 0 heterocycles. The Morgan fingerprint density at radius 2 is 1.83 bits per heavy atom. The average Bonchev–Trinajstić information content (AvgIpc) is 2.12. The summed E-state index contributed by atoms with van der Waals surface area (Å²) < 4.78 is 5.14. The Morgan fingerprint density at radius 1 is 1.25 bits per heavy atom. The number of ether oxygens (including phenoxy) is 1. The summed E-state index contributed by atoms with van der Waals surface area (Å²) in [6.07, 6.45) is 0.0821. The van der Waals surface area contributed by atoms with Crippen LogP contribution in [0, 0.1) is 0 Å². The van der Waals surface area contributed by atoms with Crippen molar-refractivity contribution in [1.82, 2.24) is 4.90 Å². The number of nitrogens with zero attached hydrogens (tertiary/aromatic N) is 1. The van der Waals surface area contributed by atoms with E-state index < -0.39 is 6.29 Å². The van der Waals surface area contributed by atoms with Gasteiger partial charge in [0.05, 0.1) is 6.61 Å². The highest BCUT2D eigenvalue weighted by atomic mass is 16.6. The number of aliphatic hydroxyl groups excluding tert-OH is 1. The van der Waals surface area contributed by atoms with Gasteiger partial charge < -0.3 is 14.7 Å². The molecule has 3 nitrogen and oxygen atoms in total. The van der Waals surface area contributed by atoms with Crippen molar-refractivity contribution in [2.45, 2.75) is 33.5 Å². The van der Waals surface area contributed by atoms with Gasteiger partial charge in [-0.15, -0.1) is 0 Å². The Morgan fingerprint density at radius 3 is 2.25 bits per heavy atom. The molecule has 0 bridgehead atoms. The lowest BCUT2D eigenvalue weighted by molar-refractivity contribution is -0.103. The van der Waals surface area contributed by atoms with E-state index in [-0.39, 0.29) is 0 Å². The van der Waals surface area contributed by atoms with Crippen molar-refractivity contribution in [2.75, 3.05) is 26.2 Å². The van der Waals surface area contributed by atoms with E-state index in [1.807, 2.05) is 6.92 Å². The highest BCUT2D eigenvalue weighted by Crippen LogP contribution is 1.93. The summed E-state index contributed by atoms with van der Waals surface area (Å²) in [4.78, 5) is 2.27. The first kappa shape index (κ1) is 11.9. The summed E-state index contributed by atoms with van der Waals surface area (Å²) in [7, 11) is 0. The molecule has 0 amide bonds. The molecule has 0 radical (unpaired) electrons. The summed E-state index contributed by atoms with van der Waals surface area (Å²) in [6.45, 7) is 9.77. The van der Waals surface area contributed by atoms with Crippen molar-refractivity contribution >= 4 is 0 Å². The van der Waals surface area contributed by atoms with Crippen molar-refractivity contribution in [2.24, 2.45) is 0 Å². The molecule has 74 valence electrons. The monoisotopic (exact) mass is 175 g/mol. The molecule has 0 saturated heterocycles. The van der Waals surface area contributed by atoms with E-state index in [4.69, 9.17) is 9.84 Å². The summed E-state index contributed by atoms with van der Waals surface area (Å²) in [5, 5.41) is 9.08. The third kappa shape index (κ3) is 5.52. The maximum absolute atomic E-state index is 9.08. The molecule has 1 atom stereocenters. The number of hydrogen-bond acceptors (Lipinski definition) is 3. The summed E-state index contributed by atoms with van der Waals surface area (Å²) >= 11 is 0. The number of likely N-dealkylation sites (N-methyl/N-ethyl adjacent to an activating group) is 1. The lowest BCUT2D eigenvalue weighted by Crippen LogP contribution is -2.28. The van der Waals surface area contributed by atoms with E-state index in [0.29, 0.717) is 13.0 Å². The Balaban J connectivity index is 3.28. The van der Waals surface area contributed by atoms with E-state index in [2.05, 4.69) is 18.7 Å². The van der Waals surface area contributed by atoms with E-state index in [9.17, 15) is 0 Å². The van der Waals surface area contributed by atoms with Gasteiger partial charge in [-0.2, -0.15) is 0 Å². The van der Waals surface area contributed by atoms with Crippen LogP contribution in [-0.2, 0) is 4.74 Å². The largest absolute Gasteiger partial charge is 0.368 e. The summed E-state index contributed by atoms with van der Waals surface area (Å²) in [6, 6.07) is 0. The van der Waals surface area contributed by atoms with Crippen LogP contribution in [0.3, 0.4) is 0 Å². The quantitative estimate of drug-likeness (QED) is 0.588. The maximum atomic E-state index is 9.08. The van der Waals surface area contributed by atoms with Crippen LogP contribution in [0.25, 0.3) is 0 Å². The average molecular weight is 175 g/mol. The first-order valence-electron chi connectivity index (χ1n) is 4.76. The smallest absolute Gasteiger partial charge is 0.154 e. The lowest BCUT2D eigenvalue weighted by Gasteiger charge is -2.18. The van der Waals surface area contributed by atoms with Crippen LogP contribution in [0.5, 0.6) is 0 Å². The predicted molar refractivity (Wildman–Crippen MR) is 50.0 cm³/mol. The first-order chi connectivity index (χ1) is 5.74. The molecule has 1 unspecified atom stereocenters. The zero-order valence-corrected chi connectivity index (χ0v) is 8.42. The Labute approximate surface area is 75.3 Å². The van der Waals surface area contributed by atoms with Crippen LogP contribution in [0.4, 0.5) is 0 Å². The number of aliphatic hydroxyl groups is 1. The molecular formula is C9H21NO2. The standard InChI is InChI=1S/C9H21NO2/c1-4-9(11)12-8-7-10(5-2)6-3/h9,11H,4-8H2,1-3H3. The predicted octanol–water partition coefficient (Wildman–Crippen LogP) is 1.07. The fourth-order valence-corrected chi connectivity index (χ4v) is 0.976. The van der Waals surface area contributed by atoms with Crippen LogP contribution in [0.1, 0.15) is 27.2 Å². The minimum Gasteiger partial charge on any atom is -0.368 e. The van der Waals surface area contributed by atoms with E-state index in [1.54, 1.807) is 0 Å². The van der Waals surface area contributed by atoms with E-state index in [0.717, 1.165) is 19.6 Å². The second-order valence-corrected chi connectivity index (χ2v) is 2.76. The molecule has 1 N–H and O–H groups in total. The molecule has 0 aliphatic heterocycles. The van der Waals surface area contributed by atoms with Gasteiger partial charge in [0.15, 0.2) is 6.29 Å². The minimum absolute atomic E-state index is 0.583. The molecule has 0 saturated carbocycles. The van der Waals surface area contributed by atoms with Gasteiger partial charge in [0.25, 0.3) is 0 Å². The van der Waals surface area contributed by atoms with Crippen LogP contribution >= 0.6 is 0 Å². The Kier molecular flexibility index (Phi) is 7.45. The van der Waals surface area contributed by atoms with E-state index in [1.165, 1.54) is 0 Å². The molecule has 0 aromatic carbocycles. The van der Waals surface area contributed by atoms with Gasteiger partial charge in [0.2, 0.25) is 0 Å². The Hall–Kier alpha value is -0.120. The fourth-order valence-electron chi connectivity index (χ4n) is 0.976. The zero-order chi connectivity index (χ0) is 9.40. The normalized spacial score (nSPS) is 13.8. The van der Waals surface area contributed by atoms with Crippen molar-refractivity contribution in [3.63, 3.8) is 0 Å². The molecule has 0 fully saturated rings. The van der Waals surface area contributed by atoms with Crippen LogP contribution in [-0.4, -0.2) is 42.5 Å². The zero-order valence-electron chi connectivity index (χ0n) is 8.42. The second kappa shape index (κ2) is 7.53. The van der Waals surface area contributed by atoms with Crippen molar-refractivity contribution < 1.29 is 9.84 Å².